The fourth-order valence-electron chi connectivity index (χ4n) is 1.24. The summed E-state index contributed by atoms with van der Waals surface area (Å²) >= 11 is 0. The minimum absolute atomic E-state index is 0.106. The normalized spacial score (nSPS) is 11.2. The lowest BCUT2D eigenvalue weighted by Crippen LogP contribution is -2.34. The highest BCUT2D eigenvalue weighted by Crippen LogP contribution is 2.18. The van der Waals surface area contributed by atoms with Crippen LogP contribution in [0.4, 0.5) is 0 Å². The van der Waals surface area contributed by atoms with Crippen molar-refractivity contribution in [2.45, 2.75) is 20.3 Å². The van der Waals surface area contributed by atoms with E-state index in [1.54, 1.807) is 6.07 Å². The highest BCUT2D eigenvalue weighted by molar-refractivity contribution is 5.93. The van der Waals surface area contributed by atoms with Crippen LogP contribution in [-0.4, -0.2) is 34.4 Å². The monoisotopic (exact) mass is 223 g/mol. The topological polar surface area (TPSA) is 75.1 Å². The zero-order valence-electron chi connectivity index (χ0n) is 9.60. The van der Waals surface area contributed by atoms with Crippen molar-refractivity contribution in [2.75, 3.05) is 13.2 Å². The summed E-state index contributed by atoms with van der Waals surface area (Å²) in [5.41, 5.74) is 0.389. The minimum Gasteiger partial charge on any atom is -0.396 e. The molecule has 0 spiro atoms. The van der Waals surface area contributed by atoms with Gasteiger partial charge in [0.1, 0.15) is 0 Å². The number of nitrogens with one attached hydrogen (secondary N) is 1. The predicted octanol–water partition coefficient (Wildman–Crippen LogP) is 0.615. The number of carbonyl (C=O) groups is 1. The van der Waals surface area contributed by atoms with Gasteiger partial charge in [-0.05, 0) is 17.9 Å². The average molecular weight is 223 g/mol. The first-order valence-electron chi connectivity index (χ1n) is 5.21. The molecule has 5 heteroatoms. The van der Waals surface area contributed by atoms with Crippen molar-refractivity contribution in [1.82, 2.24) is 15.5 Å². The summed E-state index contributed by atoms with van der Waals surface area (Å²) in [6, 6.07) is 1.61. The Hall–Kier alpha value is -1.49. The summed E-state index contributed by atoms with van der Waals surface area (Å²) in [4.78, 5) is 11.7. The molecule has 0 saturated heterocycles. The van der Waals surface area contributed by atoms with Gasteiger partial charge in [0.15, 0.2) is 0 Å². The number of amides is 1. The molecule has 0 aliphatic carbocycles. The Bertz CT molecular complexity index is 338. The van der Waals surface area contributed by atoms with Crippen molar-refractivity contribution in [3.63, 3.8) is 0 Å². The molecule has 0 atom stereocenters. The number of rotatable bonds is 5. The van der Waals surface area contributed by atoms with Gasteiger partial charge in [-0.2, -0.15) is 10.2 Å². The number of hydrogen-bond acceptors (Lipinski definition) is 4. The first-order valence-corrected chi connectivity index (χ1v) is 5.21. The molecule has 0 aromatic carbocycles. The second-order valence-electron chi connectivity index (χ2n) is 4.45. The third-order valence-electron chi connectivity index (χ3n) is 2.36. The minimum atomic E-state index is -0.166. The van der Waals surface area contributed by atoms with Crippen molar-refractivity contribution in [3.05, 3.63) is 24.0 Å². The third kappa shape index (κ3) is 3.94. The second-order valence-corrected chi connectivity index (χ2v) is 4.45. The molecule has 1 amide bonds. The van der Waals surface area contributed by atoms with Crippen molar-refractivity contribution in [2.24, 2.45) is 5.41 Å². The molecular formula is C11H17N3O2. The van der Waals surface area contributed by atoms with Crippen LogP contribution in [0.1, 0.15) is 30.6 Å². The summed E-state index contributed by atoms with van der Waals surface area (Å²) in [7, 11) is 0. The summed E-state index contributed by atoms with van der Waals surface area (Å²) in [6.07, 6.45) is 3.56. The Morgan fingerprint density at radius 1 is 1.50 bits per heavy atom. The van der Waals surface area contributed by atoms with Crippen LogP contribution in [0.15, 0.2) is 18.5 Å². The van der Waals surface area contributed by atoms with Crippen LogP contribution in [0, 0.1) is 5.41 Å². The first kappa shape index (κ1) is 12.6. The van der Waals surface area contributed by atoms with E-state index in [4.69, 9.17) is 5.11 Å². The van der Waals surface area contributed by atoms with E-state index in [0.29, 0.717) is 18.5 Å². The zero-order chi connectivity index (χ0) is 12.0. The molecule has 88 valence electrons. The molecule has 1 heterocycles. The van der Waals surface area contributed by atoms with Crippen molar-refractivity contribution < 1.29 is 9.90 Å². The average Bonchev–Trinajstić information content (AvgIpc) is 2.27. The van der Waals surface area contributed by atoms with E-state index in [1.165, 1.54) is 12.4 Å². The molecule has 0 radical (unpaired) electrons. The lowest BCUT2D eigenvalue weighted by atomic mass is 9.90. The SMILES string of the molecule is CC(C)(CCO)CNC(=O)c1ccnnc1. The quantitative estimate of drug-likeness (QED) is 0.767. The number of nitrogens with zero attached hydrogens (tertiary/aromatic N) is 2. The smallest absolute Gasteiger partial charge is 0.252 e. The molecule has 0 fully saturated rings. The predicted molar refractivity (Wildman–Crippen MR) is 59.8 cm³/mol. The fourth-order valence-corrected chi connectivity index (χ4v) is 1.24. The van der Waals surface area contributed by atoms with Gasteiger partial charge in [0, 0.05) is 13.2 Å². The Balaban J connectivity index is 2.48. The summed E-state index contributed by atoms with van der Waals surface area (Å²) in [6.45, 7) is 4.64. The Labute approximate surface area is 94.9 Å². The van der Waals surface area contributed by atoms with E-state index in [-0.39, 0.29) is 17.9 Å². The first-order chi connectivity index (χ1) is 7.55. The Morgan fingerprint density at radius 2 is 2.25 bits per heavy atom. The number of carbonyl (C=O) groups excluding carboxylic acids is 1. The molecule has 0 aliphatic rings. The standard InChI is InChI=1S/C11H17N3O2/c1-11(2,4-6-15)8-12-10(16)9-3-5-13-14-7-9/h3,5,7,15H,4,6,8H2,1-2H3,(H,12,16). The highest BCUT2D eigenvalue weighted by atomic mass is 16.3. The number of aliphatic hydroxyl groups excluding tert-OH is 1. The fraction of sp³-hybridized carbons (Fsp3) is 0.545. The van der Waals surface area contributed by atoms with Gasteiger partial charge in [-0.25, -0.2) is 0 Å². The molecule has 5 nitrogen and oxygen atoms in total. The van der Waals surface area contributed by atoms with E-state index in [9.17, 15) is 4.79 Å². The molecule has 1 aromatic rings. The van der Waals surface area contributed by atoms with E-state index >= 15 is 0 Å². The molecule has 0 aliphatic heterocycles. The lowest BCUT2D eigenvalue weighted by molar-refractivity contribution is 0.0927. The molecule has 16 heavy (non-hydrogen) atoms. The molecule has 0 unspecified atom stereocenters. The molecule has 1 aromatic heterocycles. The van der Waals surface area contributed by atoms with Gasteiger partial charge in [0.2, 0.25) is 0 Å². The van der Waals surface area contributed by atoms with Gasteiger partial charge in [0.25, 0.3) is 5.91 Å². The van der Waals surface area contributed by atoms with Gasteiger partial charge in [-0.15, -0.1) is 0 Å². The highest BCUT2D eigenvalue weighted by Gasteiger charge is 2.18. The molecular weight excluding hydrogens is 206 g/mol. The zero-order valence-corrected chi connectivity index (χ0v) is 9.60. The van der Waals surface area contributed by atoms with E-state index < -0.39 is 0 Å². The van der Waals surface area contributed by atoms with Crippen LogP contribution in [0.25, 0.3) is 0 Å². The van der Waals surface area contributed by atoms with E-state index in [2.05, 4.69) is 15.5 Å². The maximum atomic E-state index is 11.7. The maximum Gasteiger partial charge on any atom is 0.252 e. The van der Waals surface area contributed by atoms with Gasteiger partial charge < -0.3 is 10.4 Å². The van der Waals surface area contributed by atoms with Crippen LogP contribution in [0.3, 0.4) is 0 Å². The third-order valence-corrected chi connectivity index (χ3v) is 2.36. The molecule has 1 rings (SSSR count). The Kier molecular flexibility index (Phi) is 4.37. The van der Waals surface area contributed by atoms with Crippen LogP contribution in [0.2, 0.25) is 0 Å². The largest absolute Gasteiger partial charge is 0.396 e. The van der Waals surface area contributed by atoms with Gasteiger partial charge in [-0.1, -0.05) is 13.8 Å². The van der Waals surface area contributed by atoms with Gasteiger partial charge in [-0.3, -0.25) is 4.79 Å². The lowest BCUT2D eigenvalue weighted by Gasteiger charge is -2.23. The van der Waals surface area contributed by atoms with Crippen LogP contribution < -0.4 is 5.32 Å². The van der Waals surface area contributed by atoms with Crippen molar-refractivity contribution in [1.29, 1.82) is 0 Å². The molecule has 0 bridgehead atoms. The summed E-state index contributed by atoms with van der Waals surface area (Å²) < 4.78 is 0. The number of aromatic nitrogens is 2. The van der Waals surface area contributed by atoms with Crippen LogP contribution >= 0.6 is 0 Å². The van der Waals surface area contributed by atoms with Crippen molar-refractivity contribution in [3.8, 4) is 0 Å². The maximum absolute atomic E-state index is 11.7. The molecule has 2 N–H and O–H groups in total. The Morgan fingerprint density at radius 3 is 2.81 bits per heavy atom. The van der Waals surface area contributed by atoms with Crippen LogP contribution in [-0.2, 0) is 0 Å². The number of hydrogen-bond donors (Lipinski definition) is 2. The van der Waals surface area contributed by atoms with Crippen molar-refractivity contribution >= 4 is 5.91 Å². The van der Waals surface area contributed by atoms with E-state index in [0.717, 1.165) is 0 Å². The number of aliphatic hydroxyl groups is 1. The second kappa shape index (κ2) is 5.55. The van der Waals surface area contributed by atoms with Crippen LogP contribution in [0.5, 0.6) is 0 Å². The summed E-state index contributed by atoms with van der Waals surface area (Å²) in [5, 5.41) is 18.9. The summed E-state index contributed by atoms with van der Waals surface area (Å²) in [5.74, 6) is -0.166. The van der Waals surface area contributed by atoms with Gasteiger partial charge in [0.05, 0.1) is 18.0 Å². The van der Waals surface area contributed by atoms with Gasteiger partial charge >= 0.3 is 0 Å². The molecule has 0 saturated carbocycles. The van der Waals surface area contributed by atoms with E-state index in [1.807, 2.05) is 13.8 Å².